The van der Waals surface area contributed by atoms with E-state index in [1.165, 1.54) is 0 Å². The summed E-state index contributed by atoms with van der Waals surface area (Å²) in [7, 11) is 0. The topological polar surface area (TPSA) is 64.5 Å². The van der Waals surface area contributed by atoms with Crippen LogP contribution >= 0.6 is 0 Å². The van der Waals surface area contributed by atoms with Crippen molar-refractivity contribution < 1.29 is 0 Å². The molecular weight excluding hydrogens is 587 g/mol. The molecule has 0 N–H and O–H groups in total. The van der Waals surface area contributed by atoms with Gasteiger partial charge in [0.2, 0.25) is 0 Å². The molecule has 9 aromatic rings. The van der Waals surface area contributed by atoms with E-state index in [0.717, 1.165) is 71.8 Å². The number of pyridine rings is 2. The van der Waals surface area contributed by atoms with Gasteiger partial charge in [-0.25, -0.2) is 24.9 Å². The third-order valence-corrected chi connectivity index (χ3v) is 8.71. The molecule has 224 valence electrons. The quantitative estimate of drug-likeness (QED) is 0.143. The second-order valence-corrected chi connectivity index (χ2v) is 11.7. The Hall–Kier alpha value is -6.59. The summed E-state index contributed by atoms with van der Waals surface area (Å²) in [6.07, 6.45) is 0. The van der Waals surface area contributed by atoms with Crippen LogP contribution in [0, 0.1) is 0 Å². The Balaban J connectivity index is 1.21. The van der Waals surface area contributed by atoms with Crippen molar-refractivity contribution in [2.24, 2.45) is 0 Å². The number of hydrogen-bond acceptors (Lipinski definition) is 5. The molecule has 0 atom stereocenters. The lowest BCUT2D eigenvalue weighted by Gasteiger charge is -2.14. The first-order valence-corrected chi connectivity index (χ1v) is 15.9. The molecule has 5 heteroatoms. The third kappa shape index (κ3) is 4.95. The Bertz CT molecular complexity index is 2530. The van der Waals surface area contributed by atoms with Crippen molar-refractivity contribution in [1.29, 1.82) is 0 Å². The van der Waals surface area contributed by atoms with Crippen LogP contribution in [0.2, 0.25) is 0 Å². The van der Waals surface area contributed by atoms with Crippen molar-refractivity contribution in [2.75, 3.05) is 0 Å². The zero-order chi connectivity index (χ0) is 31.9. The summed E-state index contributed by atoms with van der Waals surface area (Å²) in [5.74, 6) is 1.91. The summed E-state index contributed by atoms with van der Waals surface area (Å²) in [6.45, 7) is 0. The van der Waals surface area contributed by atoms with Crippen LogP contribution in [0.25, 0.3) is 89.3 Å². The highest BCUT2D eigenvalue weighted by molar-refractivity contribution is 6.16. The minimum atomic E-state index is 0.627. The summed E-state index contributed by atoms with van der Waals surface area (Å²) in [6, 6.07) is 55.8. The highest BCUT2D eigenvalue weighted by atomic mass is 15.0. The van der Waals surface area contributed by atoms with Gasteiger partial charge >= 0.3 is 0 Å². The molecule has 3 heterocycles. The van der Waals surface area contributed by atoms with E-state index in [1.807, 2.05) is 84.9 Å². The zero-order valence-corrected chi connectivity index (χ0v) is 25.8. The van der Waals surface area contributed by atoms with E-state index in [0.29, 0.717) is 17.5 Å². The maximum Gasteiger partial charge on any atom is 0.164 e. The van der Waals surface area contributed by atoms with Gasteiger partial charge in [0.25, 0.3) is 0 Å². The van der Waals surface area contributed by atoms with Gasteiger partial charge in [-0.15, -0.1) is 0 Å². The first kappa shape index (κ1) is 27.7. The van der Waals surface area contributed by atoms with Gasteiger partial charge in [-0.2, -0.15) is 0 Å². The molecule has 5 nitrogen and oxygen atoms in total. The Morgan fingerprint density at radius 3 is 1.42 bits per heavy atom. The lowest BCUT2D eigenvalue weighted by molar-refractivity contribution is 1.07. The summed E-state index contributed by atoms with van der Waals surface area (Å²) >= 11 is 0. The maximum atomic E-state index is 5.18. The van der Waals surface area contributed by atoms with Crippen molar-refractivity contribution in [1.82, 2.24) is 24.9 Å². The largest absolute Gasteiger partial charge is 0.245 e. The molecule has 0 radical (unpaired) electrons. The van der Waals surface area contributed by atoms with Gasteiger partial charge in [0, 0.05) is 44.0 Å². The predicted octanol–water partition coefficient (Wildman–Crippen LogP) is 10.5. The molecule has 0 aliphatic rings. The van der Waals surface area contributed by atoms with Gasteiger partial charge in [0.1, 0.15) is 0 Å². The second-order valence-electron chi connectivity index (χ2n) is 11.7. The van der Waals surface area contributed by atoms with Crippen LogP contribution in [-0.2, 0) is 0 Å². The van der Waals surface area contributed by atoms with Crippen LogP contribution in [-0.4, -0.2) is 24.9 Å². The number of aromatic nitrogens is 5. The fourth-order valence-electron chi connectivity index (χ4n) is 6.34. The van der Waals surface area contributed by atoms with Crippen molar-refractivity contribution in [3.8, 4) is 56.5 Å². The number of hydrogen-bond donors (Lipinski definition) is 0. The number of rotatable bonds is 5. The van der Waals surface area contributed by atoms with Crippen molar-refractivity contribution in [2.45, 2.75) is 0 Å². The Labute approximate surface area is 277 Å². The number of benzene rings is 6. The minimum absolute atomic E-state index is 0.627. The van der Waals surface area contributed by atoms with Crippen molar-refractivity contribution >= 4 is 32.7 Å². The molecule has 0 saturated carbocycles. The summed E-state index contributed by atoms with van der Waals surface area (Å²) in [4.78, 5) is 25.0. The molecule has 0 bridgehead atoms. The van der Waals surface area contributed by atoms with Gasteiger partial charge in [-0.3, -0.25) is 0 Å². The molecule has 0 aliphatic carbocycles. The highest BCUT2D eigenvalue weighted by Crippen LogP contribution is 2.38. The van der Waals surface area contributed by atoms with Crippen LogP contribution in [0.15, 0.2) is 164 Å². The van der Waals surface area contributed by atoms with E-state index >= 15 is 0 Å². The first-order valence-electron chi connectivity index (χ1n) is 15.9. The van der Waals surface area contributed by atoms with Gasteiger partial charge in [-0.05, 0) is 17.7 Å². The molecule has 0 spiro atoms. The molecule has 0 saturated heterocycles. The number of para-hydroxylation sites is 1. The Morgan fingerprint density at radius 1 is 0.292 bits per heavy atom. The molecule has 3 aromatic heterocycles. The Morgan fingerprint density at radius 2 is 0.792 bits per heavy atom. The summed E-state index contributed by atoms with van der Waals surface area (Å²) in [5, 5.41) is 3.21. The molecule has 0 fully saturated rings. The van der Waals surface area contributed by atoms with Crippen LogP contribution in [0.3, 0.4) is 0 Å². The number of fused-ring (bicyclic) bond motifs is 4. The third-order valence-electron chi connectivity index (χ3n) is 8.71. The second kappa shape index (κ2) is 11.6. The molecule has 9 rings (SSSR count). The van der Waals surface area contributed by atoms with E-state index in [2.05, 4.69) is 78.9 Å². The normalized spacial score (nSPS) is 11.3. The van der Waals surface area contributed by atoms with E-state index in [1.54, 1.807) is 0 Å². The smallest absolute Gasteiger partial charge is 0.164 e. The van der Waals surface area contributed by atoms with Gasteiger partial charge in [0.15, 0.2) is 17.5 Å². The standard InChI is InChI=1S/C43H27N5/c1-4-12-28(13-5-1)36-27-25-30-24-26-35-38(34-18-10-11-19-37(34)45-40(35)39(30)44-36)29-20-22-33(23-21-29)43-47-41(31-14-6-2-7-15-31)46-42(48-43)32-16-8-3-9-17-32/h1-27H. The van der Waals surface area contributed by atoms with Gasteiger partial charge in [-0.1, -0.05) is 152 Å². The molecule has 6 aromatic carbocycles. The van der Waals surface area contributed by atoms with Crippen molar-refractivity contribution in [3.05, 3.63) is 164 Å². The highest BCUT2D eigenvalue weighted by Gasteiger charge is 2.16. The maximum absolute atomic E-state index is 5.18. The van der Waals surface area contributed by atoms with Gasteiger partial charge < -0.3 is 0 Å². The average molecular weight is 614 g/mol. The molecule has 0 amide bonds. The lowest BCUT2D eigenvalue weighted by atomic mass is 9.94. The fourth-order valence-corrected chi connectivity index (χ4v) is 6.34. The molecule has 0 aliphatic heterocycles. The van der Waals surface area contributed by atoms with Crippen LogP contribution in [0.1, 0.15) is 0 Å². The zero-order valence-electron chi connectivity index (χ0n) is 25.8. The lowest BCUT2D eigenvalue weighted by Crippen LogP contribution is -2.00. The SMILES string of the molecule is c1ccc(-c2ccc3ccc4c(-c5ccc(-c6nc(-c7ccccc7)nc(-c7ccccc7)n6)cc5)c5ccccc5nc4c3n2)cc1. The number of nitrogens with zero attached hydrogens (tertiary/aromatic N) is 5. The van der Waals surface area contributed by atoms with Crippen LogP contribution < -0.4 is 0 Å². The van der Waals surface area contributed by atoms with Crippen LogP contribution in [0.5, 0.6) is 0 Å². The monoisotopic (exact) mass is 613 g/mol. The van der Waals surface area contributed by atoms with E-state index in [-0.39, 0.29) is 0 Å². The Kier molecular flexibility index (Phi) is 6.72. The van der Waals surface area contributed by atoms with E-state index in [9.17, 15) is 0 Å². The molecule has 0 unspecified atom stereocenters. The molecular formula is C43H27N5. The minimum Gasteiger partial charge on any atom is -0.245 e. The van der Waals surface area contributed by atoms with Gasteiger partial charge in [0.05, 0.1) is 22.2 Å². The molecule has 48 heavy (non-hydrogen) atoms. The summed E-state index contributed by atoms with van der Waals surface area (Å²) in [5.41, 5.74) is 9.74. The summed E-state index contributed by atoms with van der Waals surface area (Å²) < 4.78 is 0. The van der Waals surface area contributed by atoms with Crippen LogP contribution in [0.4, 0.5) is 0 Å². The van der Waals surface area contributed by atoms with Crippen molar-refractivity contribution in [3.63, 3.8) is 0 Å². The van der Waals surface area contributed by atoms with E-state index < -0.39 is 0 Å². The van der Waals surface area contributed by atoms with E-state index in [4.69, 9.17) is 24.9 Å². The average Bonchev–Trinajstić information content (AvgIpc) is 3.17. The first-order chi connectivity index (χ1) is 23.8. The fraction of sp³-hybridized carbons (Fsp3) is 0. The predicted molar refractivity (Wildman–Crippen MR) is 195 cm³/mol.